The minimum absolute atomic E-state index is 0.0289. The lowest BCUT2D eigenvalue weighted by atomic mass is 9.92. The Balaban J connectivity index is 2.01. The van der Waals surface area contributed by atoms with Crippen LogP contribution in [-0.2, 0) is 9.59 Å². The lowest BCUT2D eigenvalue weighted by molar-refractivity contribution is -0.132. The summed E-state index contributed by atoms with van der Waals surface area (Å²) in [7, 11) is 0. The van der Waals surface area contributed by atoms with Gasteiger partial charge in [0.1, 0.15) is 11.5 Å². The van der Waals surface area contributed by atoms with Gasteiger partial charge in [0, 0.05) is 18.0 Å². The predicted molar refractivity (Wildman–Crippen MR) is 108 cm³/mol. The summed E-state index contributed by atoms with van der Waals surface area (Å²) in [5.74, 6) is -2.03. The van der Waals surface area contributed by atoms with Crippen LogP contribution in [0.5, 0.6) is 5.75 Å². The van der Waals surface area contributed by atoms with Crippen molar-refractivity contribution in [3.05, 3.63) is 95.3 Å². The Morgan fingerprint density at radius 1 is 0.966 bits per heavy atom. The zero-order chi connectivity index (χ0) is 20.5. The highest BCUT2D eigenvalue weighted by molar-refractivity contribution is 6.51. The topological polar surface area (TPSA) is 90.7 Å². The molecule has 3 aromatic rings. The van der Waals surface area contributed by atoms with E-state index >= 15 is 0 Å². The van der Waals surface area contributed by atoms with Gasteiger partial charge in [-0.3, -0.25) is 19.5 Å². The van der Waals surface area contributed by atoms with Gasteiger partial charge in [-0.15, -0.1) is 0 Å². The van der Waals surface area contributed by atoms with Crippen LogP contribution in [0.4, 0.5) is 5.69 Å². The van der Waals surface area contributed by atoms with Crippen molar-refractivity contribution in [2.24, 2.45) is 0 Å². The van der Waals surface area contributed by atoms with Crippen LogP contribution in [0.25, 0.3) is 5.76 Å². The fourth-order valence-electron chi connectivity index (χ4n) is 3.60. The number of aryl methyl sites for hydroxylation is 1. The number of amides is 1. The molecule has 1 aromatic heterocycles. The Bertz CT molecular complexity index is 1140. The molecule has 2 aromatic carbocycles. The first-order chi connectivity index (χ1) is 14.0. The minimum atomic E-state index is -0.877. The van der Waals surface area contributed by atoms with E-state index in [1.165, 1.54) is 23.4 Å². The van der Waals surface area contributed by atoms with Gasteiger partial charge in [-0.05, 0) is 42.3 Å². The van der Waals surface area contributed by atoms with E-state index in [1.807, 2.05) is 19.1 Å². The van der Waals surface area contributed by atoms with Crippen LogP contribution in [0.1, 0.15) is 22.7 Å². The monoisotopic (exact) mass is 386 g/mol. The zero-order valence-corrected chi connectivity index (χ0v) is 15.6. The number of para-hydroxylation sites is 2. The number of aromatic nitrogens is 1. The van der Waals surface area contributed by atoms with E-state index in [9.17, 15) is 19.8 Å². The zero-order valence-electron chi connectivity index (χ0n) is 15.6. The van der Waals surface area contributed by atoms with Gasteiger partial charge in [-0.25, -0.2) is 0 Å². The average molecular weight is 386 g/mol. The van der Waals surface area contributed by atoms with Gasteiger partial charge in [0.2, 0.25) is 0 Å². The van der Waals surface area contributed by atoms with Crippen molar-refractivity contribution in [2.45, 2.75) is 13.0 Å². The highest BCUT2D eigenvalue weighted by Gasteiger charge is 2.48. The Morgan fingerprint density at radius 2 is 1.62 bits per heavy atom. The third-order valence-electron chi connectivity index (χ3n) is 5.02. The van der Waals surface area contributed by atoms with Crippen LogP contribution in [0, 0.1) is 6.92 Å². The summed E-state index contributed by atoms with van der Waals surface area (Å²) in [4.78, 5) is 31.2. The standard InChI is InChI=1S/C23H18N2O4/c1-14-6-2-3-7-16(14)20-19(21(27)15-10-12-24-13-11-15)22(28)23(29)25(20)17-8-4-5-9-18(17)26/h2-13,20,26-27H,1H3/b21-19+. The molecule has 0 spiro atoms. The molecule has 1 aliphatic rings. The molecular weight excluding hydrogens is 368 g/mol. The summed E-state index contributed by atoms with van der Waals surface area (Å²) in [6.07, 6.45) is 2.99. The SMILES string of the molecule is Cc1ccccc1C1/C(=C(\O)c2ccncc2)C(=O)C(=O)N1c1ccccc1O. The van der Waals surface area contributed by atoms with Crippen molar-refractivity contribution in [3.8, 4) is 5.75 Å². The number of pyridine rings is 1. The third kappa shape index (κ3) is 3.04. The number of aliphatic hydroxyl groups excluding tert-OH is 1. The van der Waals surface area contributed by atoms with Gasteiger partial charge < -0.3 is 10.2 Å². The Hall–Kier alpha value is -3.93. The van der Waals surface area contributed by atoms with Crippen molar-refractivity contribution in [3.63, 3.8) is 0 Å². The van der Waals surface area contributed by atoms with E-state index in [-0.39, 0.29) is 22.8 Å². The summed E-state index contributed by atoms with van der Waals surface area (Å²) in [5, 5.41) is 21.3. The number of phenolic OH excluding ortho intramolecular Hbond substituents is 1. The van der Waals surface area contributed by atoms with Crippen LogP contribution in [0.2, 0.25) is 0 Å². The largest absolute Gasteiger partial charge is 0.507 e. The Labute approximate surface area is 167 Å². The second-order valence-corrected chi connectivity index (χ2v) is 6.75. The van der Waals surface area contributed by atoms with Crippen LogP contribution in [-0.4, -0.2) is 26.9 Å². The normalized spacial score (nSPS) is 18.2. The van der Waals surface area contributed by atoms with Crippen LogP contribution in [0.3, 0.4) is 0 Å². The Morgan fingerprint density at radius 3 is 2.31 bits per heavy atom. The number of rotatable bonds is 3. The molecule has 1 amide bonds. The lowest BCUT2D eigenvalue weighted by Crippen LogP contribution is -2.29. The van der Waals surface area contributed by atoms with Crippen molar-refractivity contribution < 1.29 is 19.8 Å². The van der Waals surface area contributed by atoms with Crippen molar-refractivity contribution in [2.75, 3.05) is 4.90 Å². The summed E-state index contributed by atoms with van der Waals surface area (Å²) in [5.41, 5.74) is 2.09. The highest BCUT2D eigenvalue weighted by atomic mass is 16.3. The van der Waals surface area contributed by atoms with E-state index in [2.05, 4.69) is 4.98 Å². The lowest BCUT2D eigenvalue weighted by Gasteiger charge is -2.27. The van der Waals surface area contributed by atoms with E-state index in [0.717, 1.165) is 5.56 Å². The number of aromatic hydroxyl groups is 1. The van der Waals surface area contributed by atoms with Gasteiger partial charge in [0.25, 0.3) is 11.7 Å². The molecule has 144 valence electrons. The van der Waals surface area contributed by atoms with Crippen LogP contribution < -0.4 is 4.90 Å². The molecule has 1 atom stereocenters. The third-order valence-corrected chi connectivity index (χ3v) is 5.02. The molecule has 1 saturated heterocycles. The molecule has 6 heteroatoms. The maximum absolute atomic E-state index is 13.0. The molecule has 0 bridgehead atoms. The van der Waals surface area contributed by atoms with E-state index < -0.39 is 17.7 Å². The molecule has 1 aliphatic heterocycles. The average Bonchev–Trinajstić information content (AvgIpc) is 2.99. The molecule has 2 N–H and O–H groups in total. The van der Waals surface area contributed by atoms with E-state index in [4.69, 9.17) is 0 Å². The van der Waals surface area contributed by atoms with Crippen LogP contribution in [0.15, 0.2) is 78.6 Å². The molecule has 4 rings (SSSR count). The first kappa shape index (κ1) is 18.4. The maximum atomic E-state index is 13.0. The van der Waals surface area contributed by atoms with Crippen LogP contribution >= 0.6 is 0 Å². The van der Waals surface area contributed by atoms with Gasteiger partial charge in [-0.2, -0.15) is 0 Å². The van der Waals surface area contributed by atoms with Gasteiger partial charge >= 0.3 is 0 Å². The molecule has 2 heterocycles. The summed E-state index contributed by atoms with van der Waals surface area (Å²) < 4.78 is 0. The number of Topliss-reactive ketones (excluding diaryl/α,β-unsaturated/α-hetero) is 1. The molecule has 29 heavy (non-hydrogen) atoms. The van der Waals surface area contributed by atoms with E-state index in [1.54, 1.807) is 42.5 Å². The molecule has 0 radical (unpaired) electrons. The number of anilines is 1. The van der Waals surface area contributed by atoms with Crippen molar-refractivity contribution in [1.82, 2.24) is 4.98 Å². The van der Waals surface area contributed by atoms with Gasteiger partial charge in [0.05, 0.1) is 17.3 Å². The summed E-state index contributed by atoms with van der Waals surface area (Å²) in [6, 6.07) is 15.9. The van der Waals surface area contributed by atoms with Gasteiger partial charge in [-0.1, -0.05) is 36.4 Å². The molecule has 6 nitrogen and oxygen atoms in total. The molecule has 0 aliphatic carbocycles. The highest BCUT2D eigenvalue weighted by Crippen LogP contribution is 2.45. The quantitative estimate of drug-likeness (QED) is 0.407. The second-order valence-electron chi connectivity index (χ2n) is 6.75. The summed E-state index contributed by atoms with van der Waals surface area (Å²) in [6.45, 7) is 1.87. The maximum Gasteiger partial charge on any atom is 0.300 e. The minimum Gasteiger partial charge on any atom is -0.507 e. The van der Waals surface area contributed by atoms with Crippen molar-refractivity contribution in [1.29, 1.82) is 0 Å². The number of nitrogens with zero attached hydrogens (tertiary/aromatic N) is 2. The molecular formula is C23H18N2O4. The summed E-state index contributed by atoms with van der Waals surface area (Å²) >= 11 is 0. The number of carbonyl (C=O) groups is 2. The number of ketones is 1. The Kier molecular flexibility index (Phi) is 4.60. The molecule has 0 saturated carbocycles. The number of hydrogen-bond acceptors (Lipinski definition) is 5. The fraction of sp³-hybridized carbons (Fsp3) is 0.0870. The fourth-order valence-corrected chi connectivity index (χ4v) is 3.60. The second kappa shape index (κ2) is 7.24. The number of benzene rings is 2. The first-order valence-electron chi connectivity index (χ1n) is 9.05. The van der Waals surface area contributed by atoms with Crippen molar-refractivity contribution >= 4 is 23.1 Å². The number of carbonyl (C=O) groups excluding carboxylic acids is 2. The smallest absolute Gasteiger partial charge is 0.300 e. The number of phenols is 1. The molecule has 1 unspecified atom stereocenters. The predicted octanol–water partition coefficient (Wildman–Crippen LogP) is 3.72. The number of aliphatic hydroxyl groups is 1. The molecule has 1 fully saturated rings. The number of hydrogen-bond donors (Lipinski definition) is 2. The first-order valence-corrected chi connectivity index (χ1v) is 9.05. The van der Waals surface area contributed by atoms with Gasteiger partial charge in [0.15, 0.2) is 0 Å². The van der Waals surface area contributed by atoms with E-state index in [0.29, 0.717) is 11.1 Å².